The Morgan fingerprint density at radius 3 is 2.39 bits per heavy atom. The number of methoxy groups -OCH3 is 3. The molecule has 31 heavy (non-hydrogen) atoms. The van der Waals surface area contributed by atoms with Crippen LogP contribution >= 0.6 is 0 Å². The molecule has 8 nitrogen and oxygen atoms in total. The lowest BCUT2D eigenvalue weighted by Crippen LogP contribution is -2.31. The number of nitrogens with zero attached hydrogens (tertiary/aromatic N) is 2. The van der Waals surface area contributed by atoms with Gasteiger partial charge in [0.1, 0.15) is 0 Å². The monoisotopic (exact) mass is 423 g/mol. The van der Waals surface area contributed by atoms with Crippen LogP contribution in [0, 0.1) is 0 Å². The molecular formula is C23H25N3O5. The van der Waals surface area contributed by atoms with Crippen LogP contribution in [-0.4, -0.2) is 43.0 Å². The van der Waals surface area contributed by atoms with Crippen LogP contribution < -0.4 is 14.8 Å². The minimum Gasteiger partial charge on any atom is -0.493 e. The van der Waals surface area contributed by atoms with Crippen molar-refractivity contribution < 1.29 is 23.8 Å². The normalized spacial score (nSPS) is 11.5. The number of hydrogen-bond donors (Lipinski definition) is 1. The van der Waals surface area contributed by atoms with Gasteiger partial charge in [0.2, 0.25) is 5.91 Å². The van der Waals surface area contributed by atoms with Crippen molar-refractivity contribution in [2.24, 2.45) is 0 Å². The fourth-order valence-electron chi connectivity index (χ4n) is 3.19. The van der Waals surface area contributed by atoms with Crippen molar-refractivity contribution in [3.8, 4) is 17.2 Å². The van der Waals surface area contributed by atoms with Crippen LogP contribution in [0.25, 0.3) is 5.69 Å². The number of hydrogen-bond acceptors (Lipinski definition) is 6. The smallest absolute Gasteiger partial charge is 0.307 e. The summed E-state index contributed by atoms with van der Waals surface area (Å²) in [7, 11) is 4.39. The molecule has 2 aromatic carbocycles. The van der Waals surface area contributed by atoms with Gasteiger partial charge < -0.3 is 19.5 Å². The second-order valence-electron chi connectivity index (χ2n) is 6.81. The molecule has 3 rings (SSSR count). The minimum atomic E-state index is -0.567. The lowest BCUT2D eigenvalue weighted by atomic mass is 10.0. The maximum Gasteiger partial charge on any atom is 0.307 e. The average Bonchev–Trinajstić information content (AvgIpc) is 3.33. The molecule has 1 atom stereocenters. The first-order chi connectivity index (χ1) is 15.0. The minimum absolute atomic E-state index is 0.00401. The van der Waals surface area contributed by atoms with Crippen molar-refractivity contribution in [3.63, 3.8) is 0 Å². The molecule has 0 aliphatic carbocycles. The molecule has 1 unspecified atom stereocenters. The lowest BCUT2D eigenvalue weighted by molar-refractivity contribution is -0.141. The molecular weight excluding hydrogens is 398 g/mol. The van der Waals surface area contributed by atoms with Crippen molar-refractivity contribution in [1.82, 2.24) is 15.1 Å². The van der Waals surface area contributed by atoms with Gasteiger partial charge in [0.05, 0.1) is 45.9 Å². The lowest BCUT2D eigenvalue weighted by Gasteiger charge is -2.20. The molecule has 0 aliphatic heterocycles. The highest BCUT2D eigenvalue weighted by Gasteiger charge is 2.21. The van der Waals surface area contributed by atoms with Gasteiger partial charge in [0.15, 0.2) is 11.5 Å². The van der Waals surface area contributed by atoms with Gasteiger partial charge in [-0.15, -0.1) is 0 Å². The Balaban J connectivity index is 1.73. The van der Waals surface area contributed by atoms with Gasteiger partial charge in [-0.1, -0.05) is 18.2 Å². The van der Waals surface area contributed by atoms with Gasteiger partial charge in [-0.05, 0) is 41.5 Å². The van der Waals surface area contributed by atoms with Crippen molar-refractivity contribution in [2.45, 2.75) is 18.9 Å². The molecule has 0 radical (unpaired) electrons. The van der Waals surface area contributed by atoms with Crippen LogP contribution in [-0.2, 0) is 20.7 Å². The molecule has 1 N–H and O–H groups in total. The molecule has 0 saturated heterocycles. The number of ether oxygens (including phenoxy) is 3. The Kier molecular flexibility index (Phi) is 7.26. The Morgan fingerprint density at radius 2 is 1.77 bits per heavy atom. The first-order valence-electron chi connectivity index (χ1n) is 9.71. The Labute approximate surface area is 180 Å². The zero-order valence-electron chi connectivity index (χ0n) is 17.7. The molecule has 0 aliphatic rings. The third kappa shape index (κ3) is 5.63. The highest BCUT2D eigenvalue weighted by atomic mass is 16.5. The van der Waals surface area contributed by atoms with Gasteiger partial charge in [-0.2, -0.15) is 5.10 Å². The van der Waals surface area contributed by atoms with E-state index in [0.29, 0.717) is 17.1 Å². The number of rotatable bonds is 9. The van der Waals surface area contributed by atoms with E-state index in [0.717, 1.165) is 11.3 Å². The molecule has 1 aromatic heterocycles. The maximum absolute atomic E-state index is 12.7. The number of amides is 1. The van der Waals surface area contributed by atoms with Gasteiger partial charge in [0, 0.05) is 12.4 Å². The summed E-state index contributed by atoms with van der Waals surface area (Å²) in [5.41, 5.74) is 2.46. The topological polar surface area (TPSA) is 91.7 Å². The van der Waals surface area contributed by atoms with E-state index in [2.05, 4.69) is 10.4 Å². The predicted molar refractivity (Wildman–Crippen MR) is 114 cm³/mol. The first-order valence-corrected chi connectivity index (χ1v) is 9.71. The Bertz CT molecular complexity index is 1020. The maximum atomic E-state index is 12.7. The fourth-order valence-corrected chi connectivity index (χ4v) is 3.19. The molecule has 0 fully saturated rings. The van der Waals surface area contributed by atoms with Crippen LogP contribution in [0.4, 0.5) is 0 Å². The molecule has 8 heteroatoms. The predicted octanol–water partition coefficient (Wildman–Crippen LogP) is 2.85. The summed E-state index contributed by atoms with van der Waals surface area (Å²) in [5.74, 6) is 0.434. The van der Waals surface area contributed by atoms with E-state index in [9.17, 15) is 9.59 Å². The van der Waals surface area contributed by atoms with Crippen molar-refractivity contribution in [2.75, 3.05) is 21.3 Å². The molecule has 3 aromatic rings. The molecule has 162 valence electrons. The Hall–Kier alpha value is -3.81. The number of esters is 1. The summed E-state index contributed by atoms with van der Waals surface area (Å²) in [4.78, 5) is 24.6. The average molecular weight is 423 g/mol. The molecule has 1 heterocycles. The van der Waals surface area contributed by atoms with Crippen LogP contribution in [0.5, 0.6) is 11.5 Å². The van der Waals surface area contributed by atoms with Gasteiger partial charge >= 0.3 is 5.97 Å². The standard InChI is InChI=1S/C23H25N3O5/c1-29-20-10-7-17(14-21(20)30-2)19(15-23(28)31-3)25-22(27)13-16-5-8-18(9-6-16)26-12-4-11-24-26/h4-12,14,19H,13,15H2,1-3H3,(H,25,27). The number of carbonyl (C=O) groups is 2. The van der Waals surface area contributed by atoms with Crippen LogP contribution in [0.3, 0.4) is 0 Å². The SMILES string of the molecule is COC(=O)CC(NC(=O)Cc1ccc(-n2cccn2)cc1)c1ccc(OC)c(OC)c1. The molecule has 0 bridgehead atoms. The molecule has 0 saturated carbocycles. The van der Waals surface area contributed by atoms with E-state index >= 15 is 0 Å². The third-order valence-electron chi connectivity index (χ3n) is 4.81. The summed E-state index contributed by atoms with van der Waals surface area (Å²) < 4.78 is 17.1. The first kappa shape index (κ1) is 21.9. The quantitative estimate of drug-likeness (QED) is 0.532. The van der Waals surface area contributed by atoms with E-state index in [4.69, 9.17) is 14.2 Å². The van der Waals surface area contributed by atoms with Crippen LogP contribution in [0.2, 0.25) is 0 Å². The number of nitrogens with one attached hydrogen (secondary N) is 1. The number of aromatic nitrogens is 2. The van der Waals surface area contributed by atoms with Crippen molar-refractivity contribution >= 4 is 11.9 Å². The number of carbonyl (C=O) groups excluding carboxylic acids is 2. The summed E-state index contributed by atoms with van der Waals surface area (Å²) >= 11 is 0. The van der Waals surface area contributed by atoms with E-state index in [1.54, 1.807) is 36.2 Å². The zero-order chi connectivity index (χ0) is 22.2. The third-order valence-corrected chi connectivity index (χ3v) is 4.81. The van der Waals surface area contributed by atoms with E-state index < -0.39 is 12.0 Å². The highest BCUT2D eigenvalue weighted by Crippen LogP contribution is 2.31. The van der Waals surface area contributed by atoms with Gasteiger partial charge in [0.25, 0.3) is 0 Å². The number of benzene rings is 2. The van der Waals surface area contributed by atoms with Gasteiger partial charge in [-0.25, -0.2) is 4.68 Å². The summed E-state index contributed by atoms with van der Waals surface area (Å²) in [6, 6.07) is 14.1. The summed E-state index contributed by atoms with van der Waals surface area (Å²) in [6.45, 7) is 0. The van der Waals surface area contributed by atoms with Crippen LogP contribution in [0.15, 0.2) is 60.9 Å². The van der Waals surface area contributed by atoms with Crippen LogP contribution in [0.1, 0.15) is 23.6 Å². The molecule has 1 amide bonds. The van der Waals surface area contributed by atoms with E-state index in [1.807, 2.05) is 36.5 Å². The fraction of sp³-hybridized carbons (Fsp3) is 0.261. The van der Waals surface area contributed by atoms with Crippen molar-refractivity contribution in [1.29, 1.82) is 0 Å². The second kappa shape index (κ2) is 10.3. The highest BCUT2D eigenvalue weighted by molar-refractivity contribution is 5.80. The zero-order valence-corrected chi connectivity index (χ0v) is 17.7. The summed E-state index contributed by atoms with van der Waals surface area (Å²) in [6.07, 6.45) is 3.72. The Morgan fingerprint density at radius 1 is 1.03 bits per heavy atom. The molecule has 0 spiro atoms. The van der Waals surface area contributed by atoms with Crippen molar-refractivity contribution in [3.05, 3.63) is 72.1 Å². The summed E-state index contributed by atoms with van der Waals surface area (Å²) in [5, 5.41) is 7.11. The van der Waals surface area contributed by atoms with E-state index in [-0.39, 0.29) is 18.7 Å². The van der Waals surface area contributed by atoms with E-state index in [1.165, 1.54) is 14.2 Å². The van der Waals surface area contributed by atoms with Gasteiger partial charge in [-0.3, -0.25) is 9.59 Å². The second-order valence-corrected chi connectivity index (χ2v) is 6.81. The largest absolute Gasteiger partial charge is 0.493 e.